The molecule has 0 heterocycles. The van der Waals surface area contributed by atoms with Crippen molar-refractivity contribution in [2.24, 2.45) is 0 Å². The molecule has 0 bridgehead atoms. The first-order valence-corrected chi connectivity index (χ1v) is 6.06. The van der Waals surface area contributed by atoms with Gasteiger partial charge in [-0.25, -0.2) is 0 Å². The summed E-state index contributed by atoms with van der Waals surface area (Å²) in [5.41, 5.74) is 0. The summed E-state index contributed by atoms with van der Waals surface area (Å²) in [5, 5.41) is 0. The molecule has 2 aliphatic carbocycles. The van der Waals surface area contributed by atoms with Gasteiger partial charge in [-0.2, -0.15) is 0 Å². The molecule has 1 heteroatoms. The molecule has 0 spiro atoms. The Hall–Kier alpha value is -0.0400. The van der Waals surface area contributed by atoms with Gasteiger partial charge in [0.05, 0.1) is 0 Å². The Labute approximate surface area is 82.5 Å². The Bertz CT molecular complexity index is 153. The fourth-order valence-electron chi connectivity index (χ4n) is 2.89. The van der Waals surface area contributed by atoms with Crippen LogP contribution >= 0.6 is 0 Å². The molecule has 1 nitrogen and oxygen atoms in total. The third-order valence-electron chi connectivity index (χ3n) is 3.56. The third-order valence-corrected chi connectivity index (χ3v) is 3.56. The zero-order valence-corrected chi connectivity index (χ0v) is 9.13. The fraction of sp³-hybridized carbons (Fsp3) is 1.00. The minimum absolute atomic E-state index is 0.774. The average Bonchev–Trinajstić information content (AvgIpc) is 2.90. The minimum atomic E-state index is 0.774. The highest BCUT2D eigenvalue weighted by Crippen LogP contribution is 2.35. The van der Waals surface area contributed by atoms with Crippen LogP contribution in [0.25, 0.3) is 0 Å². The van der Waals surface area contributed by atoms with Gasteiger partial charge >= 0.3 is 0 Å². The topological polar surface area (TPSA) is 3.24 Å². The van der Waals surface area contributed by atoms with Crippen LogP contribution in [0.15, 0.2) is 0 Å². The highest BCUT2D eigenvalue weighted by Gasteiger charge is 2.35. The van der Waals surface area contributed by atoms with Crippen LogP contribution in [-0.2, 0) is 0 Å². The molecule has 0 atom stereocenters. The van der Waals surface area contributed by atoms with Gasteiger partial charge in [0.2, 0.25) is 0 Å². The van der Waals surface area contributed by atoms with Crippen molar-refractivity contribution in [3.63, 3.8) is 0 Å². The quantitative estimate of drug-likeness (QED) is 0.646. The molecule has 76 valence electrons. The molecule has 0 aromatic heterocycles. The van der Waals surface area contributed by atoms with Crippen molar-refractivity contribution in [2.75, 3.05) is 0 Å². The normalized spacial score (nSPS) is 25.8. The number of hydrogen-bond donors (Lipinski definition) is 0. The van der Waals surface area contributed by atoms with Crippen LogP contribution in [-0.4, -0.2) is 23.0 Å². The lowest BCUT2D eigenvalue weighted by atomic mass is 9.93. The Morgan fingerprint density at radius 3 is 1.85 bits per heavy atom. The van der Waals surface area contributed by atoms with E-state index >= 15 is 0 Å². The Kier molecular flexibility index (Phi) is 2.92. The van der Waals surface area contributed by atoms with Crippen molar-refractivity contribution in [1.82, 2.24) is 4.90 Å². The molecule has 2 aliphatic rings. The molecule has 0 N–H and O–H groups in total. The SMILES string of the molecule is CC(C)N(C1CCCCC1)C1CC1. The molecule has 2 rings (SSSR count). The second kappa shape index (κ2) is 4.00. The minimum Gasteiger partial charge on any atom is -0.295 e. The summed E-state index contributed by atoms with van der Waals surface area (Å²) in [5.74, 6) is 0. The molecule has 0 amide bonds. The first kappa shape index (κ1) is 9.51. The lowest BCUT2D eigenvalue weighted by Crippen LogP contribution is -2.43. The van der Waals surface area contributed by atoms with E-state index < -0.39 is 0 Å². The zero-order chi connectivity index (χ0) is 9.26. The summed E-state index contributed by atoms with van der Waals surface area (Å²) in [6.07, 6.45) is 10.3. The van der Waals surface area contributed by atoms with E-state index in [1.54, 1.807) is 0 Å². The van der Waals surface area contributed by atoms with Crippen LogP contribution in [0, 0.1) is 0 Å². The second-order valence-electron chi connectivity index (χ2n) is 5.06. The maximum absolute atomic E-state index is 2.80. The third kappa shape index (κ3) is 2.25. The summed E-state index contributed by atoms with van der Waals surface area (Å²) in [4.78, 5) is 2.80. The molecular formula is C12H23N. The standard InChI is InChI=1S/C12H23N/c1-10(2)13(12-8-9-12)11-6-4-3-5-7-11/h10-12H,3-9H2,1-2H3. The van der Waals surface area contributed by atoms with Crippen LogP contribution in [0.3, 0.4) is 0 Å². The number of nitrogens with zero attached hydrogens (tertiary/aromatic N) is 1. The van der Waals surface area contributed by atoms with Crippen LogP contribution in [0.4, 0.5) is 0 Å². The van der Waals surface area contributed by atoms with E-state index in [9.17, 15) is 0 Å². The van der Waals surface area contributed by atoms with Crippen molar-refractivity contribution < 1.29 is 0 Å². The predicted molar refractivity (Wildman–Crippen MR) is 56.9 cm³/mol. The van der Waals surface area contributed by atoms with E-state index in [0.717, 1.165) is 18.1 Å². The lowest BCUT2D eigenvalue weighted by Gasteiger charge is -2.37. The van der Waals surface area contributed by atoms with Crippen molar-refractivity contribution in [1.29, 1.82) is 0 Å². The highest BCUT2D eigenvalue weighted by atomic mass is 15.2. The smallest absolute Gasteiger partial charge is 0.0102 e. The summed E-state index contributed by atoms with van der Waals surface area (Å²) < 4.78 is 0. The highest BCUT2D eigenvalue weighted by molar-refractivity contribution is 4.91. The van der Waals surface area contributed by atoms with Gasteiger partial charge in [0.25, 0.3) is 0 Å². The van der Waals surface area contributed by atoms with Crippen molar-refractivity contribution in [2.45, 2.75) is 76.9 Å². The van der Waals surface area contributed by atoms with Gasteiger partial charge in [-0.3, -0.25) is 4.90 Å². The Balaban J connectivity index is 1.92. The van der Waals surface area contributed by atoms with Gasteiger partial charge in [0.1, 0.15) is 0 Å². The largest absolute Gasteiger partial charge is 0.295 e. The van der Waals surface area contributed by atoms with Gasteiger partial charge in [0.15, 0.2) is 0 Å². The van der Waals surface area contributed by atoms with Crippen LogP contribution in [0.5, 0.6) is 0 Å². The molecule has 0 unspecified atom stereocenters. The van der Waals surface area contributed by atoms with Crippen molar-refractivity contribution in [3.05, 3.63) is 0 Å². The van der Waals surface area contributed by atoms with E-state index in [2.05, 4.69) is 18.7 Å². The first-order valence-electron chi connectivity index (χ1n) is 6.06. The van der Waals surface area contributed by atoms with Crippen molar-refractivity contribution in [3.8, 4) is 0 Å². The van der Waals surface area contributed by atoms with Crippen LogP contribution < -0.4 is 0 Å². The summed E-state index contributed by atoms with van der Waals surface area (Å²) >= 11 is 0. The summed E-state index contributed by atoms with van der Waals surface area (Å²) in [6, 6.07) is 2.67. The molecule has 0 saturated heterocycles. The maximum atomic E-state index is 2.80. The molecule has 2 saturated carbocycles. The first-order chi connectivity index (χ1) is 6.29. The number of rotatable bonds is 3. The van der Waals surface area contributed by atoms with Crippen LogP contribution in [0.2, 0.25) is 0 Å². The molecule has 0 radical (unpaired) electrons. The monoisotopic (exact) mass is 181 g/mol. The predicted octanol–water partition coefficient (Wildman–Crippen LogP) is 3.19. The van der Waals surface area contributed by atoms with E-state index in [4.69, 9.17) is 0 Å². The second-order valence-corrected chi connectivity index (χ2v) is 5.06. The van der Waals surface area contributed by atoms with E-state index in [-0.39, 0.29) is 0 Å². The summed E-state index contributed by atoms with van der Waals surface area (Å²) in [7, 11) is 0. The maximum Gasteiger partial charge on any atom is 0.0102 e. The van der Waals surface area contributed by atoms with E-state index in [0.29, 0.717) is 0 Å². The van der Waals surface area contributed by atoms with E-state index in [1.165, 1.54) is 44.9 Å². The molecular weight excluding hydrogens is 158 g/mol. The molecule has 0 aromatic rings. The fourth-order valence-corrected chi connectivity index (χ4v) is 2.89. The van der Waals surface area contributed by atoms with Crippen LogP contribution in [0.1, 0.15) is 58.8 Å². The number of hydrogen-bond acceptors (Lipinski definition) is 1. The summed E-state index contributed by atoms with van der Waals surface area (Å²) in [6.45, 7) is 4.74. The Morgan fingerprint density at radius 2 is 1.38 bits per heavy atom. The zero-order valence-electron chi connectivity index (χ0n) is 9.13. The van der Waals surface area contributed by atoms with Gasteiger partial charge in [-0.15, -0.1) is 0 Å². The van der Waals surface area contributed by atoms with Gasteiger partial charge in [-0.1, -0.05) is 19.3 Å². The molecule has 0 aromatic carbocycles. The molecule has 0 aliphatic heterocycles. The van der Waals surface area contributed by atoms with Gasteiger partial charge in [-0.05, 0) is 39.5 Å². The van der Waals surface area contributed by atoms with E-state index in [1.807, 2.05) is 0 Å². The van der Waals surface area contributed by atoms with Gasteiger partial charge < -0.3 is 0 Å². The van der Waals surface area contributed by atoms with Crippen molar-refractivity contribution >= 4 is 0 Å². The average molecular weight is 181 g/mol. The lowest BCUT2D eigenvalue weighted by molar-refractivity contribution is 0.111. The van der Waals surface area contributed by atoms with Gasteiger partial charge in [0, 0.05) is 18.1 Å². The Morgan fingerprint density at radius 1 is 0.846 bits per heavy atom. The molecule has 13 heavy (non-hydrogen) atoms. The molecule has 2 fully saturated rings.